The highest BCUT2D eigenvalue weighted by atomic mass is 15.2. The molecule has 2 heterocycles. The Balaban J connectivity index is 1.64. The Morgan fingerprint density at radius 2 is 1.85 bits per heavy atom. The van der Waals surface area contributed by atoms with Gasteiger partial charge in [0, 0.05) is 30.4 Å². The summed E-state index contributed by atoms with van der Waals surface area (Å²) in [7, 11) is 0. The van der Waals surface area contributed by atoms with Gasteiger partial charge in [-0.25, -0.2) is 0 Å². The van der Waals surface area contributed by atoms with Crippen LogP contribution in [0.1, 0.15) is 90.1 Å². The van der Waals surface area contributed by atoms with Crippen molar-refractivity contribution in [2.75, 3.05) is 13.1 Å². The van der Waals surface area contributed by atoms with Crippen LogP contribution in [0.15, 0.2) is 12.1 Å². The molecule has 1 aromatic rings. The average molecular weight is 357 g/mol. The van der Waals surface area contributed by atoms with Crippen LogP contribution in [0.25, 0.3) is 0 Å². The van der Waals surface area contributed by atoms with Crippen LogP contribution in [0, 0.1) is 17.3 Å². The first kappa shape index (κ1) is 19.9. The molecule has 2 fully saturated rings. The van der Waals surface area contributed by atoms with E-state index in [1.807, 2.05) is 0 Å². The molecule has 2 aliphatic rings. The van der Waals surface area contributed by atoms with Gasteiger partial charge in [0.05, 0.1) is 0 Å². The Hall–Kier alpha value is -0.890. The van der Waals surface area contributed by atoms with E-state index in [1.165, 1.54) is 55.7 Å². The summed E-state index contributed by atoms with van der Waals surface area (Å²) < 4.78 is 0. The van der Waals surface area contributed by atoms with Gasteiger partial charge in [0.15, 0.2) is 0 Å². The maximum Gasteiger partial charge on any atom is 0.0425 e. The van der Waals surface area contributed by atoms with Crippen molar-refractivity contribution < 1.29 is 0 Å². The third-order valence-electron chi connectivity index (χ3n) is 7.26. The molecular formula is C24H40N2. The predicted molar refractivity (Wildman–Crippen MR) is 112 cm³/mol. The van der Waals surface area contributed by atoms with E-state index in [0.717, 1.165) is 24.7 Å². The molecule has 1 saturated carbocycles. The fraction of sp³-hybridized carbons (Fsp3) is 0.792. The second kappa shape index (κ2) is 8.00. The number of likely N-dealkylation sites (tertiary alicyclic amines) is 1. The van der Waals surface area contributed by atoms with Crippen LogP contribution in [0.2, 0.25) is 0 Å². The molecule has 1 saturated heterocycles. The van der Waals surface area contributed by atoms with Crippen LogP contribution in [-0.4, -0.2) is 29.0 Å². The van der Waals surface area contributed by atoms with Crippen LogP contribution in [-0.2, 0) is 12.8 Å². The molecule has 3 atom stereocenters. The molecule has 1 aliphatic heterocycles. The maximum atomic E-state index is 4.94. The quantitative estimate of drug-likeness (QED) is 0.636. The van der Waals surface area contributed by atoms with Crippen molar-refractivity contribution in [3.8, 4) is 0 Å². The molecule has 2 heteroatoms. The molecule has 26 heavy (non-hydrogen) atoms. The minimum atomic E-state index is 0.582. The van der Waals surface area contributed by atoms with Crippen LogP contribution in [0.3, 0.4) is 0 Å². The first-order valence-electron chi connectivity index (χ1n) is 11.1. The number of rotatable bonds is 6. The highest BCUT2D eigenvalue weighted by molar-refractivity contribution is 5.25. The second-order valence-corrected chi connectivity index (χ2v) is 9.91. The largest absolute Gasteiger partial charge is 0.300 e. The second-order valence-electron chi connectivity index (χ2n) is 9.91. The van der Waals surface area contributed by atoms with Crippen LogP contribution in [0.4, 0.5) is 0 Å². The molecule has 3 rings (SSSR count). The predicted octanol–water partition coefficient (Wildman–Crippen LogP) is 5.85. The molecular weight excluding hydrogens is 316 g/mol. The number of aromatic nitrogens is 1. The first-order valence-corrected chi connectivity index (χ1v) is 11.1. The van der Waals surface area contributed by atoms with Gasteiger partial charge >= 0.3 is 0 Å². The summed E-state index contributed by atoms with van der Waals surface area (Å²) in [5.74, 6) is 2.40. The first-order chi connectivity index (χ1) is 12.3. The highest BCUT2D eigenvalue weighted by Gasteiger charge is 2.45. The summed E-state index contributed by atoms with van der Waals surface area (Å²) in [6.07, 6.45) is 7.93. The van der Waals surface area contributed by atoms with E-state index in [0.29, 0.717) is 17.4 Å². The molecule has 1 aliphatic carbocycles. The minimum absolute atomic E-state index is 0.582. The molecule has 0 radical (unpaired) electrons. The fourth-order valence-electron chi connectivity index (χ4n) is 5.26. The van der Waals surface area contributed by atoms with Gasteiger partial charge in [-0.15, -0.1) is 0 Å². The van der Waals surface area contributed by atoms with Gasteiger partial charge in [0.1, 0.15) is 0 Å². The third-order valence-corrected chi connectivity index (χ3v) is 7.26. The topological polar surface area (TPSA) is 16.1 Å². The van der Waals surface area contributed by atoms with E-state index in [1.54, 1.807) is 0 Å². The highest BCUT2D eigenvalue weighted by Crippen LogP contribution is 2.50. The normalized spacial score (nSPS) is 27.9. The van der Waals surface area contributed by atoms with Gasteiger partial charge in [0.25, 0.3) is 0 Å². The summed E-state index contributed by atoms with van der Waals surface area (Å²) in [4.78, 5) is 7.71. The van der Waals surface area contributed by atoms with Gasteiger partial charge in [-0.2, -0.15) is 0 Å². The van der Waals surface area contributed by atoms with Gasteiger partial charge in [0.2, 0.25) is 0 Å². The molecule has 1 aromatic heterocycles. The summed E-state index contributed by atoms with van der Waals surface area (Å²) in [5.41, 5.74) is 4.64. The zero-order valence-electron chi connectivity index (χ0n) is 18.0. The van der Waals surface area contributed by atoms with Crippen molar-refractivity contribution in [1.29, 1.82) is 0 Å². The number of hydrogen-bond acceptors (Lipinski definition) is 2. The van der Waals surface area contributed by atoms with Gasteiger partial charge in [-0.3, -0.25) is 9.88 Å². The molecule has 0 N–H and O–H groups in total. The molecule has 3 unspecified atom stereocenters. The molecule has 1 spiro atoms. The van der Waals surface area contributed by atoms with Crippen LogP contribution < -0.4 is 0 Å². The standard InChI is InChI=1S/C24H40N2/c1-7-22-13-21(18(4)5)14-23(25-22)12-19(6)26-11-10-24(16-26)9-8-20(15-24)17(2)3/h13-14,17-20H,7-12,15-16H2,1-6H3. The summed E-state index contributed by atoms with van der Waals surface area (Å²) in [6, 6.07) is 5.26. The van der Waals surface area contributed by atoms with E-state index in [4.69, 9.17) is 4.98 Å². The molecule has 0 amide bonds. The minimum Gasteiger partial charge on any atom is -0.300 e. The van der Waals surface area contributed by atoms with Gasteiger partial charge < -0.3 is 0 Å². The Bertz CT molecular complexity index is 606. The lowest BCUT2D eigenvalue weighted by molar-refractivity contribution is 0.205. The lowest BCUT2D eigenvalue weighted by Crippen LogP contribution is -2.35. The summed E-state index contributed by atoms with van der Waals surface area (Å²) in [6.45, 7) is 16.7. The Labute approximate surface area is 161 Å². The van der Waals surface area contributed by atoms with E-state index in [9.17, 15) is 0 Å². The van der Waals surface area contributed by atoms with E-state index in [-0.39, 0.29) is 0 Å². The van der Waals surface area contributed by atoms with Crippen molar-refractivity contribution in [1.82, 2.24) is 9.88 Å². The monoisotopic (exact) mass is 356 g/mol. The molecule has 0 bridgehead atoms. The molecule has 0 aromatic carbocycles. The Morgan fingerprint density at radius 3 is 2.46 bits per heavy atom. The lowest BCUT2D eigenvalue weighted by atomic mass is 9.82. The zero-order chi connectivity index (χ0) is 18.9. The van der Waals surface area contributed by atoms with E-state index in [2.05, 4.69) is 58.6 Å². The smallest absolute Gasteiger partial charge is 0.0425 e. The summed E-state index contributed by atoms with van der Waals surface area (Å²) >= 11 is 0. The lowest BCUT2D eigenvalue weighted by Gasteiger charge is -2.28. The van der Waals surface area contributed by atoms with Crippen LogP contribution in [0.5, 0.6) is 0 Å². The van der Waals surface area contributed by atoms with Gasteiger partial charge in [-0.1, -0.05) is 34.6 Å². The van der Waals surface area contributed by atoms with Crippen molar-refractivity contribution in [2.45, 2.75) is 92.0 Å². The maximum absolute atomic E-state index is 4.94. The number of pyridine rings is 1. The van der Waals surface area contributed by atoms with E-state index < -0.39 is 0 Å². The number of hydrogen-bond donors (Lipinski definition) is 0. The Morgan fingerprint density at radius 1 is 1.12 bits per heavy atom. The van der Waals surface area contributed by atoms with Gasteiger partial charge in [-0.05, 0) is 86.4 Å². The Kier molecular flexibility index (Phi) is 6.11. The average Bonchev–Trinajstić information content (AvgIpc) is 3.22. The number of aryl methyl sites for hydroxylation is 1. The molecule has 146 valence electrons. The summed E-state index contributed by atoms with van der Waals surface area (Å²) in [5, 5.41) is 0. The number of nitrogens with zero attached hydrogens (tertiary/aromatic N) is 2. The van der Waals surface area contributed by atoms with Crippen molar-refractivity contribution in [2.24, 2.45) is 17.3 Å². The zero-order valence-corrected chi connectivity index (χ0v) is 18.0. The van der Waals surface area contributed by atoms with Crippen molar-refractivity contribution in [3.05, 3.63) is 29.1 Å². The van der Waals surface area contributed by atoms with Crippen molar-refractivity contribution in [3.63, 3.8) is 0 Å². The molecule has 2 nitrogen and oxygen atoms in total. The fourth-order valence-corrected chi connectivity index (χ4v) is 5.26. The van der Waals surface area contributed by atoms with E-state index >= 15 is 0 Å². The third kappa shape index (κ3) is 4.32. The van der Waals surface area contributed by atoms with Crippen LogP contribution >= 0.6 is 0 Å². The van der Waals surface area contributed by atoms with Crippen molar-refractivity contribution >= 4 is 0 Å². The SMILES string of the molecule is CCc1cc(C(C)C)cc(CC(C)N2CCC3(CCC(C(C)C)C3)C2)n1.